The average molecular weight is 379 g/mol. The molecule has 0 radical (unpaired) electrons. The Balaban J connectivity index is 1.67. The molecule has 0 aliphatic heterocycles. The molecule has 0 bridgehead atoms. The van der Waals surface area contributed by atoms with Crippen LogP contribution < -0.4 is 15.5 Å². The molecule has 7 heteroatoms. The first-order valence-electron chi connectivity index (χ1n) is 8.08. The van der Waals surface area contributed by atoms with Gasteiger partial charge in [-0.1, -0.05) is 18.2 Å². The standard InChI is InChI=1S/C20H17N3O3S/c1-26-15-10-8-14(9-11-15)13-21-23-19(24)16-5-2-3-6-17(16)22-20(25)18-7-4-12-27-18/h2-13H,1H3,(H,22,25)(H,23,24). The van der Waals surface area contributed by atoms with E-state index < -0.39 is 5.91 Å². The zero-order valence-electron chi connectivity index (χ0n) is 14.5. The number of amides is 2. The Hall–Kier alpha value is -3.45. The number of benzene rings is 2. The minimum atomic E-state index is -0.415. The molecule has 0 atom stereocenters. The topological polar surface area (TPSA) is 79.8 Å². The molecule has 2 aromatic carbocycles. The summed E-state index contributed by atoms with van der Waals surface area (Å²) in [5, 5.41) is 8.55. The molecule has 0 aliphatic rings. The maximum Gasteiger partial charge on any atom is 0.273 e. The van der Waals surface area contributed by atoms with Gasteiger partial charge in [0, 0.05) is 0 Å². The molecular formula is C20H17N3O3S. The first kappa shape index (κ1) is 18.3. The summed E-state index contributed by atoms with van der Waals surface area (Å²) in [4.78, 5) is 25.2. The van der Waals surface area contributed by atoms with E-state index in [1.807, 2.05) is 17.5 Å². The molecule has 3 rings (SSSR count). The molecule has 3 aromatic rings. The Kier molecular flexibility index (Phi) is 5.96. The largest absolute Gasteiger partial charge is 0.497 e. The van der Waals surface area contributed by atoms with Crippen molar-refractivity contribution in [1.82, 2.24) is 5.43 Å². The minimum Gasteiger partial charge on any atom is -0.497 e. The quantitative estimate of drug-likeness (QED) is 0.505. The molecule has 27 heavy (non-hydrogen) atoms. The van der Waals surface area contributed by atoms with E-state index in [9.17, 15) is 9.59 Å². The summed E-state index contributed by atoms with van der Waals surface area (Å²) in [6, 6.07) is 17.6. The lowest BCUT2D eigenvalue weighted by molar-refractivity contribution is 0.0956. The second-order valence-electron chi connectivity index (χ2n) is 5.45. The maximum atomic E-state index is 12.4. The number of anilines is 1. The predicted molar refractivity (Wildman–Crippen MR) is 107 cm³/mol. The number of nitrogens with one attached hydrogen (secondary N) is 2. The highest BCUT2D eigenvalue weighted by atomic mass is 32.1. The summed E-state index contributed by atoms with van der Waals surface area (Å²) in [5.74, 6) is 0.0698. The van der Waals surface area contributed by atoms with Gasteiger partial charge in [0.2, 0.25) is 0 Å². The van der Waals surface area contributed by atoms with Gasteiger partial charge in [-0.25, -0.2) is 5.43 Å². The van der Waals surface area contributed by atoms with Gasteiger partial charge in [-0.15, -0.1) is 11.3 Å². The molecule has 0 aliphatic carbocycles. The van der Waals surface area contributed by atoms with Crippen LogP contribution in [0.5, 0.6) is 5.75 Å². The predicted octanol–water partition coefficient (Wildman–Crippen LogP) is 3.77. The molecule has 136 valence electrons. The lowest BCUT2D eigenvalue weighted by Gasteiger charge is -2.09. The first-order valence-corrected chi connectivity index (χ1v) is 8.96. The van der Waals surface area contributed by atoms with Crippen LogP contribution in [0, 0.1) is 0 Å². The zero-order valence-corrected chi connectivity index (χ0v) is 15.3. The van der Waals surface area contributed by atoms with Gasteiger partial charge in [0.25, 0.3) is 11.8 Å². The number of methoxy groups -OCH3 is 1. The summed E-state index contributed by atoms with van der Waals surface area (Å²) in [5.41, 5.74) is 4.04. The Bertz CT molecular complexity index is 951. The fourth-order valence-electron chi connectivity index (χ4n) is 2.30. The lowest BCUT2D eigenvalue weighted by Crippen LogP contribution is -2.21. The van der Waals surface area contributed by atoms with Gasteiger partial charge in [-0.05, 0) is 53.4 Å². The van der Waals surface area contributed by atoms with E-state index in [0.717, 1.165) is 11.3 Å². The highest BCUT2D eigenvalue weighted by Crippen LogP contribution is 2.18. The zero-order chi connectivity index (χ0) is 19.1. The van der Waals surface area contributed by atoms with Crippen molar-refractivity contribution in [3.05, 3.63) is 82.0 Å². The van der Waals surface area contributed by atoms with Crippen molar-refractivity contribution < 1.29 is 14.3 Å². The fraction of sp³-hybridized carbons (Fsp3) is 0.0500. The van der Waals surface area contributed by atoms with E-state index in [2.05, 4.69) is 15.8 Å². The van der Waals surface area contributed by atoms with Crippen molar-refractivity contribution in [2.75, 3.05) is 12.4 Å². The van der Waals surface area contributed by atoms with Crippen LogP contribution in [-0.2, 0) is 0 Å². The Morgan fingerprint density at radius 3 is 2.48 bits per heavy atom. The molecule has 0 unspecified atom stereocenters. The highest BCUT2D eigenvalue weighted by Gasteiger charge is 2.14. The van der Waals surface area contributed by atoms with Gasteiger partial charge in [-0.2, -0.15) is 5.10 Å². The van der Waals surface area contributed by atoms with Crippen LogP contribution in [0.25, 0.3) is 0 Å². The van der Waals surface area contributed by atoms with E-state index in [1.165, 1.54) is 17.6 Å². The van der Waals surface area contributed by atoms with Gasteiger partial charge in [0.15, 0.2) is 0 Å². The number of para-hydroxylation sites is 1. The Morgan fingerprint density at radius 1 is 1.00 bits per heavy atom. The summed E-state index contributed by atoms with van der Waals surface area (Å²) in [6.07, 6.45) is 1.53. The van der Waals surface area contributed by atoms with E-state index in [1.54, 1.807) is 55.6 Å². The summed E-state index contributed by atoms with van der Waals surface area (Å²) < 4.78 is 5.09. The van der Waals surface area contributed by atoms with Gasteiger partial charge in [0.1, 0.15) is 5.75 Å². The van der Waals surface area contributed by atoms with Crippen LogP contribution in [0.2, 0.25) is 0 Å². The number of ether oxygens (including phenoxy) is 1. The molecule has 0 spiro atoms. The number of hydrogen-bond acceptors (Lipinski definition) is 5. The SMILES string of the molecule is COc1ccc(C=NNC(=O)c2ccccc2NC(=O)c2cccs2)cc1. The van der Waals surface area contributed by atoms with Crippen molar-refractivity contribution >= 4 is 35.1 Å². The maximum absolute atomic E-state index is 12.4. The molecule has 1 aromatic heterocycles. The number of hydrogen-bond donors (Lipinski definition) is 2. The number of rotatable bonds is 6. The van der Waals surface area contributed by atoms with E-state index in [0.29, 0.717) is 16.1 Å². The third kappa shape index (κ3) is 4.80. The molecule has 1 heterocycles. The van der Waals surface area contributed by atoms with Crippen LogP contribution in [0.3, 0.4) is 0 Å². The number of nitrogens with zero attached hydrogens (tertiary/aromatic N) is 1. The molecule has 2 N–H and O–H groups in total. The van der Waals surface area contributed by atoms with Crippen LogP contribution in [0.1, 0.15) is 25.6 Å². The van der Waals surface area contributed by atoms with Crippen LogP contribution in [-0.4, -0.2) is 25.1 Å². The third-order valence-electron chi connectivity index (χ3n) is 3.66. The monoisotopic (exact) mass is 379 g/mol. The van der Waals surface area contributed by atoms with Gasteiger partial charge < -0.3 is 10.1 Å². The lowest BCUT2D eigenvalue weighted by atomic mass is 10.1. The number of carbonyl (C=O) groups excluding carboxylic acids is 2. The number of thiophene rings is 1. The fourth-order valence-corrected chi connectivity index (χ4v) is 2.92. The first-order chi connectivity index (χ1) is 13.2. The normalized spacial score (nSPS) is 10.6. The molecule has 0 fully saturated rings. The van der Waals surface area contributed by atoms with Crippen LogP contribution in [0.4, 0.5) is 5.69 Å². The van der Waals surface area contributed by atoms with Gasteiger partial charge in [0.05, 0.1) is 29.5 Å². The molecule has 6 nitrogen and oxygen atoms in total. The van der Waals surface area contributed by atoms with Crippen molar-refractivity contribution in [3.8, 4) is 5.75 Å². The number of carbonyl (C=O) groups is 2. The second kappa shape index (κ2) is 8.77. The molecule has 2 amide bonds. The van der Waals surface area contributed by atoms with Crippen molar-refractivity contribution in [3.63, 3.8) is 0 Å². The smallest absolute Gasteiger partial charge is 0.273 e. The Morgan fingerprint density at radius 2 is 1.78 bits per heavy atom. The Labute approximate surface area is 160 Å². The van der Waals surface area contributed by atoms with Gasteiger partial charge >= 0.3 is 0 Å². The van der Waals surface area contributed by atoms with E-state index >= 15 is 0 Å². The van der Waals surface area contributed by atoms with Crippen LogP contribution in [0.15, 0.2) is 71.1 Å². The van der Waals surface area contributed by atoms with Crippen LogP contribution >= 0.6 is 11.3 Å². The van der Waals surface area contributed by atoms with E-state index in [-0.39, 0.29) is 5.91 Å². The molecular weight excluding hydrogens is 362 g/mol. The van der Waals surface area contributed by atoms with Gasteiger partial charge in [-0.3, -0.25) is 9.59 Å². The van der Waals surface area contributed by atoms with Crippen molar-refractivity contribution in [2.45, 2.75) is 0 Å². The van der Waals surface area contributed by atoms with Crippen molar-refractivity contribution in [1.29, 1.82) is 0 Å². The summed E-state index contributed by atoms with van der Waals surface area (Å²) in [7, 11) is 1.60. The van der Waals surface area contributed by atoms with E-state index in [4.69, 9.17) is 4.74 Å². The average Bonchev–Trinajstić information content (AvgIpc) is 3.24. The summed E-state index contributed by atoms with van der Waals surface area (Å²) >= 11 is 1.33. The highest BCUT2D eigenvalue weighted by molar-refractivity contribution is 7.12. The molecule has 0 saturated carbocycles. The minimum absolute atomic E-state index is 0.257. The number of hydrazone groups is 1. The third-order valence-corrected chi connectivity index (χ3v) is 4.53. The summed E-state index contributed by atoms with van der Waals surface area (Å²) in [6.45, 7) is 0. The van der Waals surface area contributed by atoms with Crippen molar-refractivity contribution in [2.24, 2.45) is 5.10 Å². The second-order valence-corrected chi connectivity index (χ2v) is 6.40. The molecule has 0 saturated heterocycles.